The van der Waals surface area contributed by atoms with E-state index in [2.05, 4.69) is 20.0 Å². The van der Waals surface area contributed by atoms with Crippen molar-refractivity contribution in [3.63, 3.8) is 0 Å². The highest BCUT2D eigenvalue weighted by molar-refractivity contribution is 7.22. The number of halogens is 3. The summed E-state index contributed by atoms with van der Waals surface area (Å²) in [7, 11) is 1.75. The van der Waals surface area contributed by atoms with Crippen LogP contribution in [-0.2, 0) is 7.05 Å². The topological polar surface area (TPSA) is 89.3 Å². The van der Waals surface area contributed by atoms with E-state index >= 15 is 0 Å². The molecular formula is C17H11F3N4O3S. The molecule has 11 heteroatoms. The van der Waals surface area contributed by atoms with Crippen molar-refractivity contribution in [2.75, 3.05) is 5.32 Å². The number of anilines is 2. The Balaban J connectivity index is 1.66. The highest BCUT2D eigenvalue weighted by atomic mass is 32.1. The number of aromatic carboxylic acids is 1. The number of aromatic nitrogens is 3. The van der Waals surface area contributed by atoms with E-state index in [-0.39, 0.29) is 11.3 Å². The number of carboxylic acids is 1. The van der Waals surface area contributed by atoms with Gasteiger partial charge in [0, 0.05) is 13.1 Å². The molecule has 4 aromatic rings. The molecule has 0 unspecified atom stereocenters. The van der Waals surface area contributed by atoms with Crippen molar-refractivity contribution in [2.24, 2.45) is 7.05 Å². The summed E-state index contributed by atoms with van der Waals surface area (Å²) in [4.78, 5) is 19.8. The first-order valence-corrected chi connectivity index (χ1v) is 8.64. The maximum Gasteiger partial charge on any atom is 0.573 e. The number of aryl methyl sites for hydroxylation is 1. The molecule has 0 amide bonds. The van der Waals surface area contributed by atoms with Crippen LogP contribution in [-0.4, -0.2) is 32.0 Å². The minimum atomic E-state index is -4.76. The Kier molecular flexibility index (Phi) is 4.11. The monoisotopic (exact) mass is 408 g/mol. The Labute approximate surface area is 159 Å². The summed E-state index contributed by atoms with van der Waals surface area (Å²) in [6.07, 6.45) is -4.76. The highest BCUT2D eigenvalue weighted by Gasteiger charge is 2.31. The number of carboxylic acid groups (broad SMARTS) is 1. The SMILES string of the molecule is Cn1c(Nc2nc3ccc(OC(F)(F)F)cc3s2)nc2cc(C(=O)O)ccc21. The molecule has 0 saturated carbocycles. The van der Waals surface area contributed by atoms with Crippen molar-refractivity contribution in [2.45, 2.75) is 6.36 Å². The third-order valence-electron chi connectivity index (χ3n) is 3.94. The van der Waals surface area contributed by atoms with Crippen molar-refractivity contribution < 1.29 is 27.8 Å². The number of thiazole rings is 1. The van der Waals surface area contributed by atoms with Crippen LogP contribution in [0.15, 0.2) is 36.4 Å². The summed E-state index contributed by atoms with van der Waals surface area (Å²) in [5.74, 6) is -0.951. The first-order chi connectivity index (χ1) is 13.2. The van der Waals surface area contributed by atoms with Gasteiger partial charge in [0.15, 0.2) is 5.13 Å². The van der Waals surface area contributed by atoms with Crippen LogP contribution < -0.4 is 10.1 Å². The van der Waals surface area contributed by atoms with Gasteiger partial charge >= 0.3 is 12.3 Å². The fourth-order valence-electron chi connectivity index (χ4n) is 2.70. The minimum absolute atomic E-state index is 0.120. The minimum Gasteiger partial charge on any atom is -0.478 e. The fourth-order valence-corrected chi connectivity index (χ4v) is 3.58. The molecule has 0 fully saturated rings. The number of imidazole rings is 1. The average molecular weight is 408 g/mol. The number of nitrogens with one attached hydrogen (secondary N) is 1. The molecule has 0 aliphatic carbocycles. The molecule has 2 aromatic heterocycles. The standard InChI is InChI=1S/C17H11F3N4O3S/c1-24-12-5-2-8(14(25)26)6-11(12)21-15(24)23-16-22-10-4-3-9(7-13(10)28-16)27-17(18,19)20/h2-7H,1H3,(H,25,26)(H,21,22,23). The van der Waals surface area contributed by atoms with E-state index in [1.54, 1.807) is 17.7 Å². The zero-order chi connectivity index (χ0) is 20.1. The number of alkyl halides is 3. The van der Waals surface area contributed by atoms with Gasteiger partial charge in [-0.15, -0.1) is 13.2 Å². The molecule has 0 spiro atoms. The molecule has 0 atom stereocenters. The Morgan fingerprint density at radius 2 is 1.96 bits per heavy atom. The lowest BCUT2D eigenvalue weighted by atomic mass is 10.2. The molecule has 7 nitrogen and oxygen atoms in total. The first kappa shape index (κ1) is 18.0. The number of ether oxygens (including phenoxy) is 1. The lowest BCUT2D eigenvalue weighted by Crippen LogP contribution is -2.16. The Morgan fingerprint density at radius 3 is 2.68 bits per heavy atom. The molecule has 2 N–H and O–H groups in total. The van der Waals surface area contributed by atoms with Gasteiger partial charge in [0.1, 0.15) is 5.75 Å². The summed E-state index contributed by atoms with van der Waals surface area (Å²) in [5, 5.41) is 12.5. The van der Waals surface area contributed by atoms with E-state index < -0.39 is 12.3 Å². The summed E-state index contributed by atoms with van der Waals surface area (Å²) >= 11 is 1.14. The average Bonchev–Trinajstić information content (AvgIpc) is 3.13. The third kappa shape index (κ3) is 3.43. The third-order valence-corrected chi connectivity index (χ3v) is 4.87. The zero-order valence-electron chi connectivity index (χ0n) is 14.1. The second kappa shape index (κ2) is 6.37. The van der Waals surface area contributed by atoms with E-state index in [4.69, 9.17) is 5.11 Å². The summed E-state index contributed by atoms with van der Waals surface area (Å²) in [6, 6.07) is 8.49. The maximum atomic E-state index is 12.4. The maximum absolute atomic E-state index is 12.4. The number of rotatable bonds is 4. The molecule has 0 radical (unpaired) electrons. The van der Waals surface area contributed by atoms with Crippen molar-refractivity contribution in [3.05, 3.63) is 42.0 Å². The predicted molar refractivity (Wildman–Crippen MR) is 97.3 cm³/mol. The van der Waals surface area contributed by atoms with Crippen molar-refractivity contribution in [1.82, 2.24) is 14.5 Å². The fraction of sp³-hybridized carbons (Fsp3) is 0.118. The molecule has 28 heavy (non-hydrogen) atoms. The molecule has 4 rings (SSSR count). The van der Waals surface area contributed by atoms with Crippen molar-refractivity contribution >= 4 is 49.6 Å². The van der Waals surface area contributed by atoms with Crippen molar-refractivity contribution in [1.29, 1.82) is 0 Å². The van der Waals surface area contributed by atoms with Gasteiger partial charge < -0.3 is 19.7 Å². The lowest BCUT2D eigenvalue weighted by molar-refractivity contribution is -0.274. The van der Waals surface area contributed by atoms with E-state index in [0.29, 0.717) is 26.8 Å². The zero-order valence-corrected chi connectivity index (χ0v) is 14.9. The number of hydrogen-bond acceptors (Lipinski definition) is 6. The smallest absolute Gasteiger partial charge is 0.478 e. The summed E-state index contributed by atoms with van der Waals surface area (Å²) in [5.41, 5.74) is 1.84. The number of benzene rings is 2. The quantitative estimate of drug-likeness (QED) is 0.516. The number of hydrogen-bond donors (Lipinski definition) is 2. The van der Waals surface area contributed by atoms with Crippen LogP contribution in [0.3, 0.4) is 0 Å². The molecule has 2 heterocycles. The molecule has 0 aliphatic rings. The number of carbonyl (C=O) groups is 1. The van der Waals surface area contributed by atoms with Crippen LogP contribution in [0.4, 0.5) is 24.3 Å². The summed E-state index contributed by atoms with van der Waals surface area (Å²) in [6.45, 7) is 0. The highest BCUT2D eigenvalue weighted by Crippen LogP contribution is 2.33. The Hall–Kier alpha value is -3.34. The lowest BCUT2D eigenvalue weighted by Gasteiger charge is -2.07. The van der Waals surface area contributed by atoms with Gasteiger partial charge in [0.25, 0.3) is 0 Å². The van der Waals surface area contributed by atoms with E-state index in [1.807, 2.05) is 0 Å². The van der Waals surface area contributed by atoms with Gasteiger partial charge in [-0.1, -0.05) is 11.3 Å². The van der Waals surface area contributed by atoms with Crippen LogP contribution >= 0.6 is 11.3 Å². The molecule has 0 aliphatic heterocycles. The largest absolute Gasteiger partial charge is 0.573 e. The van der Waals surface area contributed by atoms with E-state index in [0.717, 1.165) is 16.9 Å². The predicted octanol–water partition coefficient (Wildman–Crippen LogP) is 4.52. The van der Waals surface area contributed by atoms with Crippen LogP contribution in [0.25, 0.3) is 21.3 Å². The second-order valence-electron chi connectivity index (χ2n) is 5.82. The van der Waals surface area contributed by atoms with Crippen LogP contribution in [0, 0.1) is 0 Å². The van der Waals surface area contributed by atoms with E-state index in [1.165, 1.54) is 30.3 Å². The number of fused-ring (bicyclic) bond motifs is 2. The Bertz CT molecular complexity index is 1220. The molecule has 144 valence electrons. The summed E-state index contributed by atoms with van der Waals surface area (Å²) < 4.78 is 43.2. The Morgan fingerprint density at radius 1 is 1.18 bits per heavy atom. The normalized spacial score (nSPS) is 11.9. The van der Waals surface area contributed by atoms with Crippen molar-refractivity contribution in [3.8, 4) is 5.75 Å². The molecule has 2 aromatic carbocycles. The van der Waals surface area contributed by atoms with Crippen LogP contribution in [0.5, 0.6) is 5.75 Å². The van der Waals surface area contributed by atoms with Gasteiger partial charge in [0.2, 0.25) is 5.95 Å². The second-order valence-corrected chi connectivity index (χ2v) is 6.86. The van der Waals surface area contributed by atoms with Gasteiger partial charge in [-0.2, -0.15) is 0 Å². The van der Waals surface area contributed by atoms with Gasteiger partial charge in [0.05, 0.1) is 26.8 Å². The van der Waals surface area contributed by atoms with Gasteiger partial charge in [-0.3, -0.25) is 0 Å². The number of nitrogens with zero attached hydrogens (tertiary/aromatic N) is 3. The van der Waals surface area contributed by atoms with E-state index in [9.17, 15) is 18.0 Å². The first-order valence-electron chi connectivity index (χ1n) is 7.83. The molecular weight excluding hydrogens is 397 g/mol. The van der Waals surface area contributed by atoms with Gasteiger partial charge in [-0.25, -0.2) is 14.8 Å². The molecule has 0 bridgehead atoms. The molecule has 0 saturated heterocycles. The van der Waals surface area contributed by atoms with Crippen LogP contribution in [0.2, 0.25) is 0 Å². The van der Waals surface area contributed by atoms with Crippen LogP contribution in [0.1, 0.15) is 10.4 Å². The van der Waals surface area contributed by atoms with Gasteiger partial charge in [-0.05, 0) is 30.3 Å².